The maximum absolute atomic E-state index is 11.4. The van der Waals surface area contributed by atoms with Gasteiger partial charge in [0.05, 0.1) is 24.6 Å². The molecule has 0 bridgehead atoms. The number of anilines is 1. The lowest BCUT2D eigenvalue weighted by atomic mass is 10.4. The van der Waals surface area contributed by atoms with Crippen molar-refractivity contribution in [1.29, 1.82) is 0 Å². The Morgan fingerprint density at radius 3 is 2.83 bits per heavy atom. The van der Waals surface area contributed by atoms with E-state index in [9.17, 15) is 4.79 Å². The minimum atomic E-state index is -0.285. The summed E-state index contributed by atoms with van der Waals surface area (Å²) in [6.45, 7) is 3.34. The zero-order valence-electron chi connectivity index (χ0n) is 10.2. The minimum Gasteiger partial charge on any atom is -0.369 e. The highest BCUT2D eigenvalue weighted by Crippen LogP contribution is 2.01. The van der Waals surface area contributed by atoms with Crippen molar-refractivity contribution in [1.82, 2.24) is 19.5 Å². The van der Waals surface area contributed by atoms with Crippen LogP contribution < -0.4 is 11.0 Å². The largest absolute Gasteiger partial charge is 0.369 e. The molecule has 0 spiro atoms. The summed E-state index contributed by atoms with van der Waals surface area (Å²) in [4.78, 5) is 23.6. The molecule has 6 nitrogen and oxygen atoms in total. The van der Waals surface area contributed by atoms with Gasteiger partial charge in [-0.05, 0) is 12.5 Å². The summed E-state index contributed by atoms with van der Waals surface area (Å²) in [5.41, 5.74) is 0.444. The average molecular weight is 245 g/mol. The van der Waals surface area contributed by atoms with Gasteiger partial charge in [0.25, 0.3) is 0 Å². The number of rotatable bonds is 5. The Labute approximate surface area is 105 Å². The van der Waals surface area contributed by atoms with Crippen LogP contribution in [-0.4, -0.2) is 26.1 Å². The molecule has 2 aromatic rings. The van der Waals surface area contributed by atoms with Crippen molar-refractivity contribution < 1.29 is 0 Å². The first kappa shape index (κ1) is 12.2. The second-order valence-electron chi connectivity index (χ2n) is 3.85. The number of nitrogens with zero attached hydrogens (tertiary/aromatic N) is 4. The fraction of sp³-hybridized carbons (Fsp3) is 0.333. The van der Waals surface area contributed by atoms with Gasteiger partial charge in [0, 0.05) is 18.9 Å². The fourth-order valence-electron chi connectivity index (χ4n) is 1.46. The second-order valence-corrected chi connectivity index (χ2v) is 3.85. The molecule has 0 aliphatic carbocycles. The van der Waals surface area contributed by atoms with E-state index < -0.39 is 0 Å². The van der Waals surface area contributed by atoms with E-state index in [1.807, 2.05) is 0 Å². The van der Waals surface area contributed by atoms with Crippen molar-refractivity contribution in [3.8, 4) is 0 Å². The van der Waals surface area contributed by atoms with Gasteiger partial charge in [-0.1, -0.05) is 6.92 Å². The van der Waals surface area contributed by atoms with Gasteiger partial charge in [0.15, 0.2) is 0 Å². The Balaban J connectivity index is 2.07. The Morgan fingerprint density at radius 1 is 1.28 bits per heavy atom. The molecule has 0 fully saturated rings. The predicted molar refractivity (Wildman–Crippen MR) is 68.4 cm³/mol. The van der Waals surface area contributed by atoms with Crippen LogP contribution in [0.1, 0.15) is 19.0 Å². The van der Waals surface area contributed by atoms with Gasteiger partial charge < -0.3 is 5.32 Å². The monoisotopic (exact) mass is 245 g/mol. The van der Waals surface area contributed by atoms with Crippen molar-refractivity contribution in [2.24, 2.45) is 0 Å². The van der Waals surface area contributed by atoms with Crippen LogP contribution in [-0.2, 0) is 6.54 Å². The van der Waals surface area contributed by atoms with Gasteiger partial charge >= 0.3 is 5.69 Å². The van der Waals surface area contributed by atoms with Gasteiger partial charge in [-0.15, -0.1) is 0 Å². The summed E-state index contributed by atoms with van der Waals surface area (Å²) >= 11 is 0. The van der Waals surface area contributed by atoms with Crippen LogP contribution >= 0.6 is 0 Å². The van der Waals surface area contributed by atoms with Gasteiger partial charge in [-0.3, -0.25) is 9.55 Å². The highest BCUT2D eigenvalue weighted by molar-refractivity contribution is 5.30. The summed E-state index contributed by atoms with van der Waals surface area (Å²) in [6, 6.07) is 1.71. The van der Waals surface area contributed by atoms with Crippen molar-refractivity contribution >= 4 is 5.82 Å². The number of hydrogen-bond acceptors (Lipinski definition) is 5. The lowest BCUT2D eigenvalue weighted by Crippen LogP contribution is -2.22. The molecule has 2 rings (SSSR count). The number of hydrogen-bond donors (Lipinski definition) is 1. The van der Waals surface area contributed by atoms with Crippen LogP contribution in [0.25, 0.3) is 0 Å². The third-order valence-electron chi connectivity index (χ3n) is 2.38. The minimum absolute atomic E-state index is 0.285. The summed E-state index contributed by atoms with van der Waals surface area (Å²) in [7, 11) is 0. The molecule has 18 heavy (non-hydrogen) atoms. The first-order chi connectivity index (χ1) is 8.79. The molecular formula is C12H15N5O. The third-order valence-corrected chi connectivity index (χ3v) is 2.38. The Morgan fingerprint density at radius 2 is 2.17 bits per heavy atom. The average Bonchev–Trinajstić information content (AvgIpc) is 2.41. The van der Waals surface area contributed by atoms with E-state index in [0.29, 0.717) is 6.54 Å². The molecule has 0 amide bonds. The molecular weight excluding hydrogens is 230 g/mol. The van der Waals surface area contributed by atoms with E-state index in [0.717, 1.165) is 24.5 Å². The molecule has 6 heteroatoms. The second kappa shape index (κ2) is 5.90. The smallest absolute Gasteiger partial charge is 0.347 e. The normalized spacial score (nSPS) is 10.3. The van der Waals surface area contributed by atoms with E-state index in [-0.39, 0.29) is 5.69 Å². The topological polar surface area (TPSA) is 72.7 Å². The molecule has 0 saturated carbocycles. The molecule has 0 saturated heterocycles. The lowest BCUT2D eigenvalue weighted by molar-refractivity contribution is 0.707. The highest BCUT2D eigenvalue weighted by atomic mass is 16.1. The zero-order chi connectivity index (χ0) is 12.8. The van der Waals surface area contributed by atoms with Gasteiger partial charge in [0.1, 0.15) is 5.82 Å². The first-order valence-electron chi connectivity index (χ1n) is 5.86. The molecule has 0 aliphatic heterocycles. The van der Waals surface area contributed by atoms with E-state index in [1.165, 1.54) is 10.8 Å². The number of nitrogens with one attached hydrogen (secondary N) is 1. The van der Waals surface area contributed by atoms with E-state index in [1.54, 1.807) is 24.7 Å². The highest BCUT2D eigenvalue weighted by Gasteiger charge is 2.00. The molecule has 0 unspecified atom stereocenters. The summed E-state index contributed by atoms with van der Waals surface area (Å²) in [6.07, 6.45) is 7.53. The quantitative estimate of drug-likeness (QED) is 0.847. The van der Waals surface area contributed by atoms with E-state index in [2.05, 4.69) is 27.2 Å². The summed E-state index contributed by atoms with van der Waals surface area (Å²) < 4.78 is 1.49. The van der Waals surface area contributed by atoms with Crippen LogP contribution in [0, 0.1) is 0 Å². The van der Waals surface area contributed by atoms with Crippen LogP contribution in [0.15, 0.2) is 35.6 Å². The van der Waals surface area contributed by atoms with Gasteiger partial charge in [-0.2, -0.15) is 0 Å². The molecule has 2 aromatic heterocycles. The van der Waals surface area contributed by atoms with Crippen LogP contribution in [0.2, 0.25) is 0 Å². The maximum Gasteiger partial charge on any atom is 0.347 e. The summed E-state index contributed by atoms with van der Waals surface area (Å²) in [5.74, 6) is 0.749. The van der Waals surface area contributed by atoms with Crippen molar-refractivity contribution in [3.05, 3.63) is 47.0 Å². The van der Waals surface area contributed by atoms with Crippen molar-refractivity contribution in [3.63, 3.8) is 0 Å². The van der Waals surface area contributed by atoms with E-state index >= 15 is 0 Å². The Bertz CT molecular complexity index is 549. The lowest BCUT2D eigenvalue weighted by Gasteiger charge is -2.05. The predicted octanol–water partition coefficient (Wildman–Crippen LogP) is 0.903. The van der Waals surface area contributed by atoms with Gasteiger partial charge in [0.2, 0.25) is 0 Å². The van der Waals surface area contributed by atoms with Crippen LogP contribution in [0.3, 0.4) is 0 Å². The van der Waals surface area contributed by atoms with Crippen molar-refractivity contribution in [2.45, 2.75) is 19.9 Å². The molecule has 2 heterocycles. The van der Waals surface area contributed by atoms with Crippen LogP contribution in [0.4, 0.5) is 5.82 Å². The molecule has 0 radical (unpaired) electrons. The molecule has 94 valence electrons. The first-order valence-corrected chi connectivity index (χ1v) is 5.86. The van der Waals surface area contributed by atoms with Gasteiger partial charge in [-0.25, -0.2) is 14.8 Å². The Hall–Kier alpha value is -2.24. The zero-order valence-corrected chi connectivity index (χ0v) is 10.2. The molecule has 1 N–H and O–H groups in total. The van der Waals surface area contributed by atoms with Crippen LogP contribution in [0.5, 0.6) is 0 Å². The van der Waals surface area contributed by atoms with Crippen molar-refractivity contribution in [2.75, 3.05) is 11.9 Å². The third kappa shape index (κ3) is 3.13. The standard InChI is InChI=1S/C12H15N5O/c1-2-4-13-11-8-15-10(7-16-11)9-17-6-3-5-14-12(17)18/h3,5-8H,2,4,9H2,1H3,(H,13,16). The Kier molecular flexibility index (Phi) is 4.01. The molecule has 0 aromatic carbocycles. The maximum atomic E-state index is 11.4. The summed E-state index contributed by atoms with van der Waals surface area (Å²) in [5, 5.41) is 3.14. The number of aromatic nitrogens is 4. The molecule has 0 atom stereocenters. The van der Waals surface area contributed by atoms with E-state index in [4.69, 9.17) is 0 Å². The fourth-order valence-corrected chi connectivity index (χ4v) is 1.46. The molecule has 0 aliphatic rings. The SMILES string of the molecule is CCCNc1cnc(Cn2cccnc2=O)cn1.